The highest BCUT2D eigenvalue weighted by atomic mass is 16.3. The summed E-state index contributed by atoms with van der Waals surface area (Å²) in [7, 11) is 0. The molecule has 0 aliphatic carbocycles. The molecule has 0 spiro atoms. The topological polar surface area (TPSA) is 220 Å². The van der Waals surface area contributed by atoms with Crippen molar-refractivity contribution in [3.63, 3.8) is 0 Å². The molecule has 13 nitrogen and oxygen atoms in total. The molecule has 0 saturated heterocycles. The zero-order valence-electron chi connectivity index (χ0n) is 30.2. The second kappa shape index (κ2) is 27.2. The van der Waals surface area contributed by atoms with Crippen LogP contribution in [0.25, 0.3) is 0 Å². The van der Waals surface area contributed by atoms with Crippen LogP contribution in [-0.4, -0.2) is 134 Å². The second-order valence-electron chi connectivity index (χ2n) is 11.5. The standard InChI is InChI=1S/C27H30N4O3.C7H6O2.C6H18N4/c32-25-10-4-1-7-22(25)19-28-13-16-31(17-14-29-20-23-8-2-5-11-26(23)33)18-15-30-21-24-9-3-6-12-27(24)34;8-5-6-3-1-2-4-7(6)9;7-1-4-10(5-2-8)6-3-9/h1-12,19-21,32-34H,13-18H2;1-5,9H;1-9H2. The maximum atomic E-state index is 10.1. The van der Waals surface area contributed by atoms with Gasteiger partial charge >= 0.3 is 0 Å². The van der Waals surface area contributed by atoms with Crippen molar-refractivity contribution in [3.05, 3.63) is 119 Å². The van der Waals surface area contributed by atoms with E-state index in [9.17, 15) is 20.1 Å². The van der Waals surface area contributed by atoms with Crippen LogP contribution in [0.3, 0.4) is 0 Å². The van der Waals surface area contributed by atoms with Crippen LogP contribution < -0.4 is 17.2 Å². The zero-order chi connectivity index (χ0) is 38.5. The summed E-state index contributed by atoms with van der Waals surface area (Å²) < 4.78 is 0. The van der Waals surface area contributed by atoms with Crippen molar-refractivity contribution in [2.75, 3.05) is 78.5 Å². The molecule has 0 heterocycles. The van der Waals surface area contributed by atoms with E-state index in [-0.39, 0.29) is 23.0 Å². The molecule has 13 heteroatoms. The SMILES string of the molecule is NCCN(CCN)CCN.O=Cc1ccccc1O.Oc1ccccc1C=NCCN(CCN=Cc1ccccc1O)CCN=Cc1ccccc1O. The number of carbonyl (C=O) groups is 1. The Bertz CT molecular complexity index is 1530. The van der Waals surface area contributed by atoms with Gasteiger partial charge in [-0.3, -0.25) is 29.6 Å². The molecule has 0 aliphatic rings. The number of aldehydes is 1. The average Bonchev–Trinajstić information content (AvgIpc) is 3.16. The molecular weight excluding hydrogens is 672 g/mol. The van der Waals surface area contributed by atoms with E-state index in [0.29, 0.717) is 87.4 Å². The van der Waals surface area contributed by atoms with Gasteiger partial charge in [0.05, 0.1) is 25.2 Å². The Balaban J connectivity index is 0.000000416. The van der Waals surface area contributed by atoms with Gasteiger partial charge < -0.3 is 37.6 Å². The van der Waals surface area contributed by atoms with Gasteiger partial charge in [-0.1, -0.05) is 48.5 Å². The number of para-hydroxylation sites is 4. The molecule has 0 aromatic heterocycles. The molecule has 0 unspecified atom stereocenters. The number of carbonyl (C=O) groups excluding carboxylic acids is 1. The van der Waals surface area contributed by atoms with E-state index in [2.05, 4.69) is 24.8 Å². The third-order valence-electron chi connectivity index (χ3n) is 7.54. The first kappa shape index (κ1) is 43.7. The van der Waals surface area contributed by atoms with E-state index in [0.717, 1.165) is 19.6 Å². The third-order valence-corrected chi connectivity index (χ3v) is 7.54. The predicted octanol–water partition coefficient (Wildman–Crippen LogP) is 3.13. The number of nitrogens with zero attached hydrogens (tertiary/aromatic N) is 5. The fourth-order valence-electron chi connectivity index (χ4n) is 4.68. The lowest BCUT2D eigenvalue weighted by atomic mass is 10.2. The number of aliphatic imine (C=N–C) groups is 3. The van der Waals surface area contributed by atoms with Crippen molar-refractivity contribution in [1.82, 2.24) is 9.80 Å². The lowest BCUT2D eigenvalue weighted by Crippen LogP contribution is -2.37. The molecule has 0 amide bonds. The molecule has 4 aromatic carbocycles. The van der Waals surface area contributed by atoms with E-state index in [1.165, 1.54) is 6.07 Å². The van der Waals surface area contributed by atoms with Crippen molar-refractivity contribution in [1.29, 1.82) is 0 Å². The fourth-order valence-corrected chi connectivity index (χ4v) is 4.68. The Morgan fingerprint density at radius 3 is 0.943 bits per heavy atom. The van der Waals surface area contributed by atoms with Crippen LogP contribution in [0.2, 0.25) is 0 Å². The molecule has 0 bridgehead atoms. The van der Waals surface area contributed by atoms with E-state index in [4.69, 9.17) is 22.3 Å². The molecule has 10 N–H and O–H groups in total. The van der Waals surface area contributed by atoms with Crippen molar-refractivity contribution in [3.8, 4) is 23.0 Å². The average molecular weight is 727 g/mol. The van der Waals surface area contributed by atoms with Crippen LogP contribution in [0.4, 0.5) is 0 Å². The first-order valence-corrected chi connectivity index (χ1v) is 17.4. The van der Waals surface area contributed by atoms with Gasteiger partial charge in [0, 0.05) is 94.2 Å². The van der Waals surface area contributed by atoms with Crippen LogP contribution in [0.15, 0.2) is 112 Å². The summed E-state index contributed by atoms with van der Waals surface area (Å²) in [6.45, 7) is 8.58. The number of benzene rings is 4. The van der Waals surface area contributed by atoms with Crippen molar-refractivity contribution < 1.29 is 25.2 Å². The minimum atomic E-state index is 0.0347. The van der Waals surface area contributed by atoms with Crippen molar-refractivity contribution >= 4 is 24.9 Å². The van der Waals surface area contributed by atoms with Gasteiger partial charge in [0.2, 0.25) is 0 Å². The summed E-state index contributed by atoms with van der Waals surface area (Å²) in [6.07, 6.45) is 5.66. The highest BCUT2D eigenvalue weighted by molar-refractivity contribution is 5.84. The molecule has 0 fully saturated rings. The highest BCUT2D eigenvalue weighted by Crippen LogP contribution is 2.15. The number of rotatable bonds is 19. The lowest BCUT2D eigenvalue weighted by Gasteiger charge is -2.19. The quantitative estimate of drug-likeness (QED) is 0.0553. The smallest absolute Gasteiger partial charge is 0.153 e. The van der Waals surface area contributed by atoms with Crippen molar-refractivity contribution in [2.45, 2.75) is 0 Å². The molecular formula is C40H54N8O5. The number of phenols is 4. The first-order chi connectivity index (χ1) is 25.8. The summed E-state index contributed by atoms with van der Waals surface area (Å²) in [6, 6.07) is 27.7. The zero-order valence-corrected chi connectivity index (χ0v) is 30.2. The Kier molecular flexibility index (Phi) is 22.5. The highest BCUT2D eigenvalue weighted by Gasteiger charge is 2.04. The Morgan fingerprint density at radius 1 is 0.434 bits per heavy atom. The van der Waals surface area contributed by atoms with Gasteiger partial charge in [-0.2, -0.15) is 0 Å². The van der Waals surface area contributed by atoms with E-state index < -0.39 is 0 Å². The number of phenolic OH excluding ortho intramolecular Hbond substituents is 4. The van der Waals surface area contributed by atoms with Gasteiger partial charge in [-0.05, 0) is 48.5 Å². The predicted molar refractivity (Wildman–Crippen MR) is 215 cm³/mol. The van der Waals surface area contributed by atoms with E-state index in [1.807, 2.05) is 36.4 Å². The van der Waals surface area contributed by atoms with Crippen LogP contribution in [0.5, 0.6) is 23.0 Å². The largest absolute Gasteiger partial charge is 0.507 e. The number of aromatic hydroxyl groups is 4. The second-order valence-corrected chi connectivity index (χ2v) is 11.5. The maximum Gasteiger partial charge on any atom is 0.153 e. The summed E-state index contributed by atoms with van der Waals surface area (Å²) in [5, 5.41) is 38.5. The molecule has 4 rings (SSSR count). The molecule has 53 heavy (non-hydrogen) atoms. The Morgan fingerprint density at radius 2 is 0.698 bits per heavy atom. The van der Waals surface area contributed by atoms with Crippen LogP contribution in [0.1, 0.15) is 27.0 Å². The number of nitrogens with two attached hydrogens (primary N) is 3. The van der Waals surface area contributed by atoms with Gasteiger partial charge in [0.1, 0.15) is 23.0 Å². The molecule has 0 saturated carbocycles. The van der Waals surface area contributed by atoms with Gasteiger partial charge in [0.15, 0.2) is 6.29 Å². The van der Waals surface area contributed by atoms with Gasteiger partial charge in [-0.25, -0.2) is 0 Å². The minimum absolute atomic E-state index is 0.0347. The minimum Gasteiger partial charge on any atom is -0.507 e. The molecule has 284 valence electrons. The van der Waals surface area contributed by atoms with E-state index >= 15 is 0 Å². The summed E-state index contributed by atoms with van der Waals surface area (Å²) >= 11 is 0. The van der Waals surface area contributed by atoms with E-state index in [1.54, 1.807) is 73.2 Å². The maximum absolute atomic E-state index is 10.1. The third kappa shape index (κ3) is 18.6. The molecule has 0 atom stereocenters. The van der Waals surface area contributed by atoms with Crippen LogP contribution in [0, 0.1) is 0 Å². The fraction of sp³-hybridized carbons (Fsp3) is 0.300. The van der Waals surface area contributed by atoms with Crippen LogP contribution >= 0.6 is 0 Å². The molecule has 4 aromatic rings. The monoisotopic (exact) mass is 726 g/mol. The van der Waals surface area contributed by atoms with Crippen molar-refractivity contribution in [2.24, 2.45) is 32.2 Å². The molecule has 0 radical (unpaired) electrons. The lowest BCUT2D eigenvalue weighted by molar-refractivity contribution is 0.112. The Hall–Kier alpha value is -5.44. The first-order valence-electron chi connectivity index (χ1n) is 17.4. The summed E-state index contributed by atoms with van der Waals surface area (Å²) in [4.78, 5) is 27.8. The normalized spacial score (nSPS) is 11.2. The molecule has 0 aliphatic heterocycles. The number of hydrogen-bond donors (Lipinski definition) is 7. The van der Waals surface area contributed by atoms with Gasteiger partial charge in [-0.15, -0.1) is 0 Å². The number of hydrogen-bond acceptors (Lipinski definition) is 13. The van der Waals surface area contributed by atoms with Gasteiger partial charge in [0.25, 0.3) is 0 Å². The summed E-state index contributed by atoms with van der Waals surface area (Å²) in [5.74, 6) is 0.660. The van der Waals surface area contributed by atoms with Crippen LogP contribution in [-0.2, 0) is 0 Å². The summed E-state index contributed by atoms with van der Waals surface area (Å²) in [5.41, 5.74) is 18.5. The Labute approximate surface area is 312 Å².